The van der Waals surface area contributed by atoms with Gasteiger partial charge in [0.05, 0.1) is 6.61 Å². The van der Waals surface area contributed by atoms with Crippen LogP contribution < -0.4 is 5.32 Å². The van der Waals surface area contributed by atoms with Crippen molar-refractivity contribution in [2.75, 3.05) is 32.8 Å². The van der Waals surface area contributed by atoms with Crippen LogP contribution in [0.1, 0.15) is 6.92 Å². The predicted octanol–water partition coefficient (Wildman–Crippen LogP) is -0.151. The van der Waals surface area contributed by atoms with Gasteiger partial charge in [-0.1, -0.05) is 13.0 Å². The second-order valence-corrected chi connectivity index (χ2v) is 4.00. The number of aliphatic hydroxyl groups excluding tert-OH is 1. The molecule has 1 aliphatic heterocycles. The van der Waals surface area contributed by atoms with Crippen LogP contribution in [0.25, 0.3) is 0 Å². The Hall–Kier alpha value is -0.870. The lowest BCUT2D eigenvalue weighted by Crippen LogP contribution is -2.50. The Bertz CT molecular complexity index is 227. The number of carbonyl (C=O) groups excluding carboxylic acids is 1. The van der Waals surface area contributed by atoms with Crippen LogP contribution in [0.15, 0.2) is 12.7 Å². The quantitative estimate of drug-likeness (QED) is 0.602. The molecule has 0 aromatic rings. The van der Waals surface area contributed by atoms with Crippen LogP contribution in [0, 0.1) is 11.8 Å². The van der Waals surface area contributed by atoms with Crippen molar-refractivity contribution in [3.63, 3.8) is 0 Å². The van der Waals surface area contributed by atoms with E-state index in [0.717, 1.165) is 13.1 Å². The molecule has 4 heteroatoms. The predicted molar refractivity (Wildman–Crippen MR) is 59.4 cm³/mol. The summed E-state index contributed by atoms with van der Waals surface area (Å²) < 4.78 is 0. The normalized spacial score (nSPS) is 18.0. The minimum Gasteiger partial charge on any atom is -0.395 e. The topological polar surface area (TPSA) is 52.6 Å². The van der Waals surface area contributed by atoms with Gasteiger partial charge in [-0.2, -0.15) is 0 Å². The third-order valence-electron chi connectivity index (χ3n) is 2.94. The van der Waals surface area contributed by atoms with Gasteiger partial charge in [-0.15, -0.1) is 6.58 Å². The molecule has 15 heavy (non-hydrogen) atoms. The molecular formula is C11H20N2O2. The maximum absolute atomic E-state index is 12.0. The number of amides is 1. The molecule has 1 unspecified atom stereocenters. The zero-order chi connectivity index (χ0) is 11.3. The fraction of sp³-hybridized carbons (Fsp3) is 0.727. The minimum atomic E-state index is 0.00914. The van der Waals surface area contributed by atoms with E-state index in [4.69, 9.17) is 5.11 Å². The number of nitrogens with one attached hydrogen (secondary N) is 1. The molecule has 4 nitrogen and oxygen atoms in total. The van der Waals surface area contributed by atoms with E-state index < -0.39 is 0 Å². The molecule has 1 aliphatic rings. The SMILES string of the molecule is C=CCN(CCO)C(=O)C(C)C1CNC1. The second kappa shape index (κ2) is 5.88. The molecule has 1 heterocycles. The average Bonchev–Trinajstić information content (AvgIpc) is 2.13. The first-order chi connectivity index (χ1) is 7.20. The van der Waals surface area contributed by atoms with Crippen molar-refractivity contribution in [1.29, 1.82) is 0 Å². The van der Waals surface area contributed by atoms with Crippen molar-refractivity contribution >= 4 is 5.91 Å². The van der Waals surface area contributed by atoms with E-state index in [1.807, 2.05) is 6.92 Å². The van der Waals surface area contributed by atoms with Crippen molar-refractivity contribution in [1.82, 2.24) is 10.2 Å². The fourth-order valence-electron chi connectivity index (χ4n) is 1.72. The fourth-order valence-corrected chi connectivity index (χ4v) is 1.72. The van der Waals surface area contributed by atoms with E-state index in [1.165, 1.54) is 0 Å². The molecule has 0 bridgehead atoms. The first-order valence-corrected chi connectivity index (χ1v) is 5.42. The molecular weight excluding hydrogens is 192 g/mol. The molecule has 1 saturated heterocycles. The van der Waals surface area contributed by atoms with Crippen LogP contribution in [0.2, 0.25) is 0 Å². The van der Waals surface area contributed by atoms with Crippen LogP contribution in [-0.2, 0) is 4.79 Å². The molecule has 0 spiro atoms. The van der Waals surface area contributed by atoms with Crippen LogP contribution in [0.3, 0.4) is 0 Å². The molecule has 0 saturated carbocycles. The first kappa shape index (κ1) is 12.2. The zero-order valence-corrected chi connectivity index (χ0v) is 9.28. The van der Waals surface area contributed by atoms with Crippen LogP contribution in [0.4, 0.5) is 0 Å². The molecule has 0 aromatic carbocycles. The minimum absolute atomic E-state index is 0.00914. The summed E-state index contributed by atoms with van der Waals surface area (Å²) >= 11 is 0. The van der Waals surface area contributed by atoms with Crippen molar-refractivity contribution < 1.29 is 9.90 Å². The number of nitrogens with zero attached hydrogens (tertiary/aromatic N) is 1. The lowest BCUT2D eigenvalue weighted by molar-refractivity contribution is -0.137. The van der Waals surface area contributed by atoms with Crippen LogP contribution in [0.5, 0.6) is 0 Å². The molecule has 1 fully saturated rings. The number of rotatable bonds is 6. The van der Waals surface area contributed by atoms with E-state index in [2.05, 4.69) is 11.9 Å². The largest absolute Gasteiger partial charge is 0.395 e. The van der Waals surface area contributed by atoms with Gasteiger partial charge in [0.25, 0.3) is 0 Å². The lowest BCUT2D eigenvalue weighted by Gasteiger charge is -2.34. The lowest BCUT2D eigenvalue weighted by atomic mass is 9.88. The van der Waals surface area contributed by atoms with E-state index in [0.29, 0.717) is 19.0 Å². The van der Waals surface area contributed by atoms with Crippen LogP contribution >= 0.6 is 0 Å². The third-order valence-corrected chi connectivity index (χ3v) is 2.94. The average molecular weight is 212 g/mol. The Morgan fingerprint density at radius 3 is 2.80 bits per heavy atom. The summed E-state index contributed by atoms with van der Waals surface area (Å²) in [5.41, 5.74) is 0. The Morgan fingerprint density at radius 2 is 2.40 bits per heavy atom. The monoisotopic (exact) mass is 212 g/mol. The van der Waals surface area contributed by atoms with Gasteiger partial charge in [0, 0.05) is 19.0 Å². The van der Waals surface area contributed by atoms with Crippen molar-refractivity contribution in [2.24, 2.45) is 11.8 Å². The van der Waals surface area contributed by atoms with Crippen molar-refractivity contribution in [3.05, 3.63) is 12.7 Å². The van der Waals surface area contributed by atoms with Crippen molar-refractivity contribution in [3.8, 4) is 0 Å². The summed E-state index contributed by atoms with van der Waals surface area (Å²) in [6.45, 7) is 8.35. The summed E-state index contributed by atoms with van der Waals surface area (Å²) in [4.78, 5) is 13.7. The Labute approximate surface area is 91.0 Å². The van der Waals surface area contributed by atoms with Crippen molar-refractivity contribution in [2.45, 2.75) is 6.92 Å². The number of aliphatic hydroxyl groups is 1. The highest BCUT2D eigenvalue weighted by molar-refractivity contribution is 5.79. The van der Waals surface area contributed by atoms with Gasteiger partial charge in [0.1, 0.15) is 0 Å². The zero-order valence-electron chi connectivity index (χ0n) is 9.28. The molecule has 0 aliphatic carbocycles. The summed E-state index contributed by atoms with van der Waals surface area (Å²) in [6.07, 6.45) is 1.69. The summed E-state index contributed by atoms with van der Waals surface area (Å²) in [7, 11) is 0. The van der Waals surface area contributed by atoms with Gasteiger partial charge < -0.3 is 15.3 Å². The van der Waals surface area contributed by atoms with E-state index in [9.17, 15) is 4.79 Å². The van der Waals surface area contributed by atoms with Gasteiger partial charge in [-0.25, -0.2) is 0 Å². The molecule has 2 N–H and O–H groups in total. The van der Waals surface area contributed by atoms with Gasteiger partial charge >= 0.3 is 0 Å². The summed E-state index contributed by atoms with van der Waals surface area (Å²) in [5, 5.41) is 12.0. The Kier molecular flexibility index (Phi) is 4.78. The maximum atomic E-state index is 12.0. The highest BCUT2D eigenvalue weighted by atomic mass is 16.3. The van der Waals surface area contributed by atoms with Gasteiger partial charge in [0.15, 0.2) is 0 Å². The first-order valence-electron chi connectivity index (χ1n) is 5.42. The highest BCUT2D eigenvalue weighted by Gasteiger charge is 2.30. The molecule has 0 radical (unpaired) electrons. The third kappa shape index (κ3) is 3.04. The van der Waals surface area contributed by atoms with Crippen LogP contribution in [-0.4, -0.2) is 48.7 Å². The van der Waals surface area contributed by atoms with Gasteiger partial charge in [-0.05, 0) is 19.0 Å². The summed E-state index contributed by atoms with van der Waals surface area (Å²) in [5.74, 6) is 0.608. The van der Waals surface area contributed by atoms with E-state index >= 15 is 0 Å². The number of hydrogen-bond acceptors (Lipinski definition) is 3. The number of hydrogen-bond donors (Lipinski definition) is 2. The summed E-state index contributed by atoms with van der Waals surface area (Å²) in [6, 6.07) is 0. The molecule has 1 atom stereocenters. The Balaban J connectivity index is 2.48. The molecule has 1 rings (SSSR count). The maximum Gasteiger partial charge on any atom is 0.226 e. The van der Waals surface area contributed by atoms with E-state index in [1.54, 1.807) is 11.0 Å². The van der Waals surface area contributed by atoms with Gasteiger partial charge in [0.2, 0.25) is 5.91 Å². The Morgan fingerprint density at radius 1 is 1.73 bits per heavy atom. The molecule has 86 valence electrons. The second-order valence-electron chi connectivity index (χ2n) is 4.00. The van der Waals surface area contributed by atoms with E-state index in [-0.39, 0.29) is 18.4 Å². The standard InChI is InChI=1S/C11H20N2O2/c1-3-4-13(5-6-14)11(15)9(2)10-7-12-8-10/h3,9-10,12,14H,1,4-8H2,2H3. The highest BCUT2D eigenvalue weighted by Crippen LogP contribution is 2.18. The molecule has 1 amide bonds. The van der Waals surface area contributed by atoms with Gasteiger partial charge in [-0.3, -0.25) is 4.79 Å². The smallest absolute Gasteiger partial charge is 0.226 e. The number of carbonyl (C=O) groups is 1. The molecule has 0 aromatic heterocycles.